The molecule has 0 unspecified atom stereocenters. The van der Waals surface area contributed by atoms with Crippen molar-refractivity contribution < 1.29 is 9.53 Å². The zero-order valence-electron chi connectivity index (χ0n) is 3.60. The highest BCUT2D eigenvalue weighted by Gasteiger charge is 2.30. The van der Waals surface area contributed by atoms with E-state index in [1.54, 1.807) is 0 Å². The minimum Gasteiger partial charge on any atom is -0.414 e. The first-order chi connectivity index (χ1) is 3.60. The summed E-state index contributed by atoms with van der Waals surface area (Å²) in [6.07, 6.45) is 0.744. The Morgan fingerprint density at radius 1 is 1.75 bits per heavy atom. The molecule has 0 aromatic carbocycles. The van der Waals surface area contributed by atoms with E-state index in [4.69, 9.17) is 0 Å². The Morgan fingerprint density at radius 3 is 2.50 bits per heavy atom. The summed E-state index contributed by atoms with van der Waals surface area (Å²) >= 11 is 6.01. The molecule has 0 aromatic rings. The summed E-state index contributed by atoms with van der Waals surface area (Å²) in [6.45, 7) is 0. The molecule has 1 rings (SSSR count). The smallest absolute Gasteiger partial charge is 0.414 e. The molecule has 0 radical (unpaired) electrons. The van der Waals surface area contributed by atoms with Crippen LogP contribution in [0.25, 0.3) is 0 Å². The average Bonchev–Trinajstić information content (AvgIpc) is 1.82. The van der Waals surface area contributed by atoms with Crippen LogP contribution in [0.2, 0.25) is 0 Å². The highest BCUT2D eigenvalue weighted by molar-refractivity contribution is 9.25. The van der Waals surface area contributed by atoms with Gasteiger partial charge in [-0.15, -0.1) is 0 Å². The van der Waals surface area contributed by atoms with E-state index in [-0.39, 0.29) is 0 Å². The lowest BCUT2D eigenvalue weighted by atomic mass is 10.8. The molecule has 8 heavy (non-hydrogen) atoms. The van der Waals surface area contributed by atoms with E-state index in [1.165, 1.54) is 6.21 Å². The second-order valence-electron chi connectivity index (χ2n) is 1.19. The van der Waals surface area contributed by atoms with Gasteiger partial charge in [0.05, 0.1) is 6.21 Å². The van der Waals surface area contributed by atoms with Crippen LogP contribution in [-0.4, -0.2) is 15.7 Å². The first kappa shape index (κ1) is 6.22. The van der Waals surface area contributed by atoms with Crippen molar-refractivity contribution in [3.63, 3.8) is 0 Å². The van der Waals surface area contributed by atoms with E-state index >= 15 is 0 Å². The number of hydrogen-bond acceptors (Lipinski definition) is 2. The second-order valence-corrected chi connectivity index (χ2v) is 4.61. The number of rotatable bonds is 0. The summed E-state index contributed by atoms with van der Waals surface area (Å²) < 4.78 is 3.67. The first-order valence-electron chi connectivity index (χ1n) is 1.76. The van der Waals surface area contributed by atoms with E-state index in [9.17, 15) is 4.79 Å². The van der Waals surface area contributed by atoms with Crippen molar-refractivity contribution in [2.24, 2.45) is 4.99 Å². The molecule has 1 heterocycles. The number of halogens is 2. The van der Waals surface area contributed by atoms with E-state index in [0.29, 0.717) is 0 Å². The number of hydrogen-bond donors (Lipinski definition) is 0. The minimum absolute atomic E-state index is 0.584. The van der Waals surface area contributed by atoms with Crippen LogP contribution in [0, 0.1) is 0 Å². The second kappa shape index (κ2) is 1.80. The summed E-state index contributed by atoms with van der Waals surface area (Å²) in [4.78, 5) is 13.5. The third-order valence-corrected chi connectivity index (χ3v) is 1.28. The fourth-order valence-electron chi connectivity index (χ4n) is 0.297. The Morgan fingerprint density at radius 2 is 2.38 bits per heavy atom. The lowest BCUT2D eigenvalue weighted by Crippen LogP contribution is -2.12. The number of cyclic esters (lactones) is 1. The molecule has 0 aliphatic carbocycles. The molecule has 0 aromatic heterocycles. The monoisotopic (exact) mass is 241 g/mol. The van der Waals surface area contributed by atoms with Crippen molar-refractivity contribution in [2.75, 3.05) is 0 Å². The van der Waals surface area contributed by atoms with Gasteiger partial charge < -0.3 is 4.74 Å². The Hall–Kier alpha value is 0.1000. The van der Waals surface area contributed by atoms with Crippen molar-refractivity contribution in [2.45, 2.75) is 3.42 Å². The van der Waals surface area contributed by atoms with Gasteiger partial charge in [-0.2, -0.15) is 4.99 Å². The van der Waals surface area contributed by atoms with Crippen LogP contribution in [0.15, 0.2) is 4.99 Å². The normalized spacial score (nSPS) is 23.5. The van der Waals surface area contributed by atoms with E-state index in [2.05, 4.69) is 41.6 Å². The molecular weight excluding hydrogens is 242 g/mol. The van der Waals surface area contributed by atoms with Gasteiger partial charge in [0, 0.05) is 0 Å². The van der Waals surface area contributed by atoms with Gasteiger partial charge in [-0.1, -0.05) is 0 Å². The molecule has 0 N–H and O–H groups in total. The number of carbonyl (C=O) groups is 1. The van der Waals surface area contributed by atoms with E-state index in [0.717, 1.165) is 0 Å². The van der Waals surface area contributed by atoms with Gasteiger partial charge in [-0.05, 0) is 31.9 Å². The van der Waals surface area contributed by atoms with Gasteiger partial charge >= 0.3 is 6.09 Å². The molecular formula is C3HBr2NO2. The lowest BCUT2D eigenvalue weighted by molar-refractivity contribution is 0.169. The zero-order chi connectivity index (χ0) is 6.20. The highest BCUT2D eigenvalue weighted by atomic mass is 79.9. The zero-order valence-corrected chi connectivity index (χ0v) is 6.77. The van der Waals surface area contributed by atoms with Crippen LogP contribution >= 0.6 is 31.9 Å². The summed E-state index contributed by atoms with van der Waals surface area (Å²) in [5.41, 5.74) is 0. The van der Waals surface area contributed by atoms with Crippen molar-refractivity contribution in [1.82, 2.24) is 0 Å². The molecule has 1 amide bonds. The molecule has 0 atom stereocenters. The molecule has 44 valence electrons. The van der Waals surface area contributed by atoms with Crippen molar-refractivity contribution >= 4 is 44.2 Å². The van der Waals surface area contributed by atoms with Gasteiger partial charge in [0.1, 0.15) is 0 Å². The molecule has 5 heteroatoms. The van der Waals surface area contributed by atoms with E-state index < -0.39 is 9.51 Å². The number of amides is 1. The van der Waals surface area contributed by atoms with Gasteiger partial charge in [0.15, 0.2) is 0 Å². The van der Waals surface area contributed by atoms with Crippen LogP contribution < -0.4 is 0 Å². The Kier molecular flexibility index (Phi) is 1.40. The Bertz CT molecular complexity index is 153. The fraction of sp³-hybridized carbons (Fsp3) is 0.333. The summed E-state index contributed by atoms with van der Waals surface area (Å²) in [6, 6.07) is 0. The molecule has 0 saturated carbocycles. The van der Waals surface area contributed by atoms with Crippen molar-refractivity contribution in [3.05, 3.63) is 0 Å². The predicted molar refractivity (Wildman–Crippen MR) is 35.6 cm³/mol. The third-order valence-electron chi connectivity index (χ3n) is 0.544. The van der Waals surface area contributed by atoms with Crippen LogP contribution in [0.4, 0.5) is 4.79 Å². The van der Waals surface area contributed by atoms with Crippen molar-refractivity contribution in [3.8, 4) is 0 Å². The van der Waals surface area contributed by atoms with Gasteiger partial charge in [-0.25, -0.2) is 4.79 Å². The predicted octanol–water partition coefficient (Wildman–Crippen LogP) is 1.65. The van der Waals surface area contributed by atoms with E-state index in [1.807, 2.05) is 0 Å². The quantitative estimate of drug-likeness (QED) is 0.606. The topological polar surface area (TPSA) is 38.7 Å². The van der Waals surface area contributed by atoms with Crippen molar-refractivity contribution in [1.29, 1.82) is 0 Å². The number of alkyl halides is 2. The Labute approximate surface area is 62.4 Å². The number of carbonyl (C=O) groups excluding carboxylic acids is 1. The maximum absolute atomic E-state index is 10.2. The number of nitrogens with zero attached hydrogens (tertiary/aromatic N) is 1. The molecule has 0 saturated heterocycles. The summed E-state index contributed by atoms with van der Waals surface area (Å²) in [5.74, 6) is 0. The summed E-state index contributed by atoms with van der Waals surface area (Å²) in [7, 11) is 0. The van der Waals surface area contributed by atoms with Crippen LogP contribution in [0.3, 0.4) is 0 Å². The highest BCUT2D eigenvalue weighted by Crippen LogP contribution is 2.29. The molecule has 1 aliphatic rings. The third kappa shape index (κ3) is 1.29. The fourth-order valence-corrected chi connectivity index (χ4v) is 0.779. The number of aliphatic imine (C=N–C) groups is 1. The molecule has 0 fully saturated rings. The largest absolute Gasteiger partial charge is 0.435 e. The lowest BCUT2D eigenvalue weighted by Gasteiger charge is -2.05. The van der Waals surface area contributed by atoms with Crippen LogP contribution in [0.5, 0.6) is 0 Å². The van der Waals surface area contributed by atoms with Gasteiger partial charge in [-0.3, -0.25) is 0 Å². The molecule has 0 spiro atoms. The maximum Gasteiger partial charge on any atom is 0.435 e. The van der Waals surface area contributed by atoms with Gasteiger partial charge in [0.25, 0.3) is 3.42 Å². The molecule has 0 bridgehead atoms. The first-order valence-corrected chi connectivity index (χ1v) is 3.35. The van der Waals surface area contributed by atoms with Crippen LogP contribution in [-0.2, 0) is 4.74 Å². The molecule has 3 nitrogen and oxygen atoms in total. The standard InChI is InChI=1S/C3HBr2NO2/c4-3(5)1-6-2(7)8-3/h1H. The Balaban J connectivity index is 2.72. The number of ether oxygens (including phenoxy) is 1. The van der Waals surface area contributed by atoms with Crippen LogP contribution in [0.1, 0.15) is 0 Å². The molecule has 1 aliphatic heterocycles. The summed E-state index contributed by atoms with van der Waals surface area (Å²) in [5, 5.41) is 0. The average molecular weight is 243 g/mol. The maximum atomic E-state index is 10.2. The SMILES string of the molecule is O=C1N=CC(Br)(Br)O1. The minimum atomic E-state index is -0.850. The van der Waals surface area contributed by atoms with Gasteiger partial charge in [0.2, 0.25) is 0 Å².